The number of hydrogen-bond acceptors (Lipinski definition) is 1. The first kappa shape index (κ1) is 13.0. The van der Waals surface area contributed by atoms with Crippen LogP contribution in [0.25, 0.3) is 0 Å². The Kier molecular flexibility index (Phi) is 3.91. The average Bonchev–Trinajstić information content (AvgIpc) is 2.14. The zero-order valence-electron chi connectivity index (χ0n) is 8.98. The third-order valence-electron chi connectivity index (χ3n) is 2.03. The van der Waals surface area contributed by atoms with Gasteiger partial charge in [-0.1, -0.05) is 26.0 Å². The monoisotopic (exact) mass is 235 g/mol. The van der Waals surface area contributed by atoms with E-state index in [0.717, 1.165) is 24.3 Å². The van der Waals surface area contributed by atoms with Crippen LogP contribution in [0.3, 0.4) is 0 Å². The molecule has 1 nitrogen and oxygen atoms in total. The summed E-state index contributed by atoms with van der Waals surface area (Å²) in [6.07, 6.45) is -4.39. The fourth-order valence-electron chi connectivity index (χ4n) is 1.37. The molecular weight excluding hydrogens is 222 g/mol. The van der Waals surface area contributed by atoms with Crippen molar-refractivity contribution in [2.75, 3.05) is 0 Å². The molecule has 0 heterocycles. The fourth-order valence-corrected chi connectivity index (χ4v) is 1.37. The number of alkyl halides is 3. The molecule has 0 aliphatic rings. The Labute approximate surface area is 91.5 Å². The van der Waals surface area contributed by atoms with Gasteiger partial charge in [0.25, 0.3) is 0 Å². The summed E-state index contributed by atoms with van der Waals surface area (Å²) in [6.45, 7) is 3.25. The van der Waals surface area contributed by atoms with Crippen molar-refractivity contribution in [2.45, 2.75) is 32.1 Å². The van der Waals surface area contributed by atoms with Gasteiger partial charge in [-0.05, 0) is 17.7 Å². The van der Waals surface area contributed by atoms with Crippen molar-refractivity contribution in [1.29, 1.82) is 0 Å². The van der Waals surface area contributed by atoms with Crippen molar-refractivity contribution < 1.29 is 17.6 Å². The first-order chi connectivity index (χ1) is 7.30. The predicted molar refractivity (Wildman–Crippen MR) is 53.5 cm³/mol. The van der Waals surface area contributed by atoms with E-state index < -0.39 is 18.0 Å². The average molecular weight is 235 g/mol. The second-order valence-electron chi connectivity index (χ2n) is 3.85. The van der Waals surface area contributed by atoms with Crippen molar-refractivity contribution in [3.8, 4) is 0 Å². The minimum absolute atomic E-state index is 0.0163. The normalized spacial score (nSPS) is 14.2. The van der Waals surface area contributed by atoms with E-state index in [1.54, 1.807) is 13.8 Å². The molecule has 0 radical (unpaired) electrons. The van der Waals surface area contributed by atoms with E-state index in [0.29, 0.717) is 0 Å². The van der Waals surface area contributed by atoms with Crippen LogP contribution in [0.15, 0.2) is 24.3 Å². The molecule has 0 aliphatic heterocycles. The summed E-state index contributed by atoms with van der Waals surface area (Å²) in [5, 5.41) is 2.41. The fraction of sp³-hybridized carbons (Fsp3) is 0.455. The molecule has 1 aromatic rings. The summed E-state index contributed by atoms with van der Waals surface area (Å²) in [6, 6.07) is 2.27. The van der Waals surface area contributed by atoms with Gasteiger partial charge in [0.05, 0.1) is 0 Å². The standard InChI is InChI=1S/C11H13F4N/c1-7(2)16-10(11(13,14)15)8-3-5-9(12)6-4-8/h3-7,10,16H,1-2H3/t10-/m0/s1. The molecule has 0 saturated heterocycles. The number of hydrogen-bond donors (Lipinski definition) is 1. The van der Waals surface area contributed by atoms with Crippen LogP contribution in [0.1, 0.15) is 25.5 Å². The second kappa shape index (κ2) is 4.82. The molecular formula is C11H13F4N. The molecule has 0 fully saturated rings. The summed E-state index contributed by atoms with van der Waals surface area (Å²) in [5.74, 6) is -0.547. The molecule has 1 rings (SSSR count). The summed E-state index contributed by atoms with van der Waals surface area (Å²) < 4.78 is 50.7. The van der Waals surface area contributed by atoms with E-state index in [4.69, 9.17) is 0 Å². The lowest BCUT2D eigenvalue weighted by Crippen LogP contribution is -2.38. The Morgan fingerprint density at radius 2 is 1.56 bits per heavy atom. The predicted octanol–water partition coefficient (Wildman–Crippen LogP) is 3.43. The van der Waals surface area contributed by atoms with Crippen LogP contribution >= 0.6 is 0 Å². The lowest BCUT2D eigenvalue weighted by Gasteiger charge is -2.24. The van der Waals surface area contributed by atoms with E-state index in [1.807, 2.05) is 0 Å². The van der Waals surface area contributed by atoms with Gasteiger partial charge in [0, 0.05) is 6.04 Å². The number of halogens is 4. The SMILES string of the molecule is CC(C)N[C@@H](c1ccc(F)cc1)C(F)(F)F. The van der Waals surface area contributed by atoms with Gasteiger partial charge in [0.1, 0.15) is 11.9 Å². The minimum Gasteiger partial charge on any atom is -0.300 e. The van der Waals surface area contributed by atoms with Gasteiger partial charge in [0.15, 0.2) is 0 Å². The molecule has 0 bridgehead atoms. The molecule has 5 heteroatoms. The van der Waals surface area contributed by atoms with Gasteiger partial charge >= 0.3 is 6.18 Å². The molecule has 1 atom stereocenters. The van der Waals surface area contributed by atoms with Crippen LogP contribution in [0.5, 0.6) is 0 Å². The van der Waals surface area contributed by atoms with Crippen LogP contribution in [0.4, 0.5) is 17.6 Å². The highest BCUT2D eigenvalue weighted by molar-refractivity contribution is 5.21. The zero-order valence-corrected chi connectivity index (χ0v) is 8.98. The topological polar surface area (TPSA) is 12.0 Å². The van der Waals surface area contributed by atoms with E-state index in [1.165, 1.54) is 0 Å². The van der Waals surface area contributed by atoms with Gasteiger partial charge in [0.2, 0.25) is 0 Å². The maximum atomic E-state index is 12.7. The Balaban J connectivity index is 2.97. The first-order valence-electron chi connectivity index (χ1n) is 4.89. The lowest BCUT2D eigenvalue weighted by molar-refractivity contribution is -0.159. The van der Waals surface area contributed by atoms with Gasteiger partial charge in [-0.3, -0.25) is 0 Å². The van der Waals surface area contributed by atoms with E-state index >= 15 is 0 Å². The van der Waals surface area contributed by atoms with Crippen molar-refractivity contribution >= 4 is 0 Å². The zero-order chi connectivity index (χ0) is 12.3. The maximum absolute atomic E-state index is 12.7. The van der Waals surface area contributed by atoms with E-state index in [2.05, 4.69) is 5.32 Å². The largest absolute Gasteiger partial charge is 0.407 e. The van der Waals surface area contributed by atoms with Crippen molar-refractivity contribution in [3.63, 3.8) is 0 Å². The van der Waals surface area contributed by atoms with Crippen LogP contribution in [-0.4, -0.2) is 12.2 Å². The Morgan fingerprint density at radius 3 is 1.94 bits per heavy atom. The molecule has 0 unspecified atom stereocenters. The van der Waals surface area contributed by atoms with Crippen molar-refractivity contribution in [3.05, 3.63) is 35.6 Å². The van der Waals surface area contributed by atoms with Gasteiger partial charge in [-0.2, -0.15) is 13.2 Å². The molecule has 0 aliphatic carbocycles. The van der Waals surface area contributed by atoms with Crippen molar-refractivity contribution in [1.82, 2.24) is 5.32 Å². The van der Waals surface area contributed by atoms with Crippen LogP contribution in [0.2, 0.25) is 0 Å². The molecule has 1 N–H and O–H groups in total. The summed E-state index contributed by atoms with van der Waals surface area (Å²) in [7, 11) is 0. The molecule has 0 spiro atoms. The van der Waals surface area contributed by atoms with Crippen LogP contribution < -0.4 is 5.32 Å². The highest BCUT2D eigenvalue weighted by Crippen LogP contribution is 2.32. The molecule has 1 aromatic carbocycles. The van der Waals surface area contributed by atoms with E-state index in [9.17, 15) is 17.6 Å². The number of rotatable bonds is 3. The summed E-state index contributed by atoms with van der Waals surface area (Å²) in [5.41, 5.74) is 0.0163. The van der Waals surface area contributed by atoms with Crippen molar-refractivity contribution in [2.24, 2.45) is 0 Å². The minimum atomic E-state index is -4.39. The first-order valence-corrected chi connectivity index (χ1v) is 4.89. The third kappa shape index (κ3) is 3.48. The number of benzene rings is 1. The molecule has 0 aromatic heterocycles. The van der Waals surface area contributed by atoms with Crippen LogP contribution in [0, 0.1) is 5.82 Å². The molecule has 0 amide bonds. The second-order valence-corrected chi connectivity index (χ2v) is 3.85. The smallest absolute Gasteiger partial charge is 0.300 e. The Bertz CT molecular complexity index is 329. The van der Waals surface area contributed by atoms with Gasteiger partial charge in [-0.15, -0.1) is 0 Å². The highest BCUT2D eigenvalue weighted by atomic mass is 19.4. The summed E-state index contributed by atoms with van der Waals surface area (Å²) >= 11 is 0. The lowest BCUT2D eigenvalue weighted by atomic mass is 10.1. The molecule has 16 heavy (non-hydrogen) atoms. The maximum Gasteiger partial charge on any atom is 0.407 e. The van der Waals surface area contributed by atoms with Crippen LogP contribution in [-0.2, 0) is 0 Å². The van der Waals surface area contributed by atoms with Gasteiger partial charge in [-0.25, -0.2) is 4.39 Å². The quantitative estimate of drug-likeness (QED) is 0.791. The Morgan fingerprint density at radius 1 is 1.06 bits per heavy atom. The van der Waals surface area contributed by atoms with Gasteiger partial charge < -0.3 is 5.32 Å². The van der Waals surface area contributed by atoms with E-state index in [-0.39, 0.29) is 11.6 Å². The third-order valence-corrected chi connectivity index (χ3v) is 2.03. The summed E-state index contributed by atoms with van der Waals surface area (Å²) in [4.78, 5) is 0. The number of nitrogens with one attached hydrogen (secondary N) is 1. The highest BCUT2D eigenvalue weighted by Gasteiger charge is 2.40. The molecule has 0 saturated carbocycles. The Hall–Kier alpha value is -1.10. The molecule has 90 valence electrons.